The Bertz CT molecular complexity index is 173. The van der Waals surface area contributed by atoms with Crippen LogP contribution in [0.5, 0.6) is 0 Å². The molecule has 0 aromatic heterocycles. The first-order valence-corrected chi connectivity index (χ1v) is 9.03. The molecule has 0 unspecified atom stereocenters. The van der Waals surface area contributed by atoms with Crippen molar-refractivity contribution in [3.8, 4) is 0 Å². The van der Waals surface area contributed by atoms with E-state index in [2.05, 4.69) is 31.2 Å². The third-order valence-electron chi connectivity index (χ3n) is 1.17. The molecular weight excluding hydrogens is 287 g/mol. The Labute approximate surface area is 119 Å². The summed E-state index contributed by atoms with van der Waals surface area (Å²) in [6, 6.07) is 0. The van der Waals surface area contributed by atoms with Crippen molar-refractivity contribution in [2.24, 2.45) is 0 Å². The topological polar surface area (TPSA) is 0 Å². The molecular formula is C14H20SiZr-4. The van der Waals surface area contributed by atoms with Crippen molar-refractivity contribution in [2.75, 3.05) is 0 Å². The molecule has 2 heteroatoms. The van der Waals surface area contributed by atoms with Gasteiger partial charge in [-0.05, 0) is 0 Å². The van der Waals surface area contributed by atoms with Gasteiger partial charge in [0.1, 0.15) is 0 Å². The van der Waals surface area contributed by atoms with E-state index in [1.165, 1.54) is 23.3 Å². The van der Waals surface area contributed by atoms with E-state index in [0.29, 0.717) is 0 Å². The Morgan fingerprint density at radius 1 is 1.00 bits per heavy atom. The molecule has 2 rings (SSSR count). The van der Waals surface area contributed by atoms with Crippen molar-refractivity contribution < 1.29 is 23.3 Å². The summed E-state index contributed by atoms with van der Waals surface area (Å²) >= 11 is 1.36. The molecule has 0 bridgehead atoms. The fraction of sp³-hybridized carbons (Fsp3) is 0.286. The zero-order chi connectivity index (χ0) is 11.8. The Hall–Kier alpha value is 0.0600. The van der Waals surface area contributed by atoms with E-state index < -0.39 is 0 Å². The minimum atomic E-state index is 0. The predicted molar refractivity (Wildman–Crippen MR) is 71.0 cm³/mol. The Kier molecular flexibility index (Phi) is 32.5. The SMILES string of the molecule is C[CH-]C.[C-]1=CC=CC1.[C-]1=CC=CC1.[CH3-].[Si]=[Zr]. The molecule has 0 N–H and O–H groups in total. The van der Waals surface area contributed by atoms with Gasteiger partial charge in [-0.25, -0.2) is 24.3 Å². The number of rotatable bonds is 0. The van der Waals surface area contributed by atoms with E-state index in [1.54, 1.807) is 0 Å². The fourth-order valence-electron chi connectivity index (χ4n) is 0.680. The van der Waals surface area contributed by atoms with Crippen LogP contribution in [-0.4, -0.2) is 6.88 Å². The van der Waals surface area contributed by atoms with Crippen molar-refractivity contribution in [1.82, 2.24) is 0 Å². The molecule has 0 amide bonds. The molecule has 0 aromatic rings. The molecule has 2 aliphatic rings. The van der Waals surface area contributed by atoms with Crippen LogP contribution < -0.4 is 0 Å². The van der Waals surface area contributed by atoms with Gasteiger partial charge in [0.25, 0.3) is 0 Å². The zero-order valence-electron chi connectivity index (χ0n) is 10.5. The predicted octanol–water partition coefficient (Wildman–Crippen LogP) is 3.91. The second-order valence-electron chi connectivity index (χ2n) is 2.58. The van der Waals surface area contributed by atoms with Crippen LogP contribution in [0.2, 0.25) is 0 Å². The van der Waals surface area contributed by atoms with Crippen molar-refractivity contribution in [1.29, 1.82) is 0 Å². The van der Waals surface area contributed by atoms with Gasteiger partial charge in [0, 0.05) is 0 Å². The average molecular weight is 308 g/mol. The van der Waals surface area contributed by atoms with Gasteiger partial charge in [0.05, 0.1) is 0 Å². The second kappa shape index (κ2) is 24.3. The minimum absolute atomic E-state index is 0. The van der Waals surface area contributed by atoms with E-state index in [-0.39, 0.29) is 7.43 Å². The first-order valence-electron chi connectivity index (χ1n) is 4.84. The van der Waals surface area contributed by atoms with Gasteiger partial charge in [-0.15, -0.1) is 12.8 Å². The Morgan fingerprint density at radius 3 is 1.38 bits per heavy atom. The summed E-state index contributed by atoms with van der Waals surface area (Å²) in [5.41, 5.74) is 0. The van der Waals surface area contributed by atoms with Crippen LogP contribution in [0, 0.1) is 26.0 Å². The number of hydrogen-bond acceptors (Lipinski definition) is 0. The molecule has 0 spiro atoms. The van der Waals surface area contributed by atoms with E-state index in [9.17, 15) is 0 Å². The fourth-order valence-corrected chi connectivity index (χ4v) is 0.680. The number of hydrogen-bond donors (Lipinski definition) is 0. The van der Waals surface area contributed by atoms with Gasteiger partial charge in [-0.3, -0.25) is 12.2 Å². The zero-order valence-corrected chi connectivity index (χ0v) is 13.9. The molecule has 0 saturated heterocycles. The van der Waals surface area contributed by atoms with Crippen LogP contribution in [0.25, 0.3) is 0 Å². The monoisotopic (exact) mass is 306 g/mol. The molecule has 2 aliphatic carbocycles. The van der Waals surface area contributed by atoms with Gasteiger partial charge in [-0.2, -0.15) is 26.0 Å². The van der Waals surface area contributed by atoms with Crippen molar-refractivity contribution in [3.05, 3.63) is 62.5 Å². The van der Waals surface area contributed by atoms with Crippen molar-refractivity contribution >= 4 is 6.88 Å². The molecule has 0 atom stereocenters. The van der Waals surface area contributed by atoms with Crippen LogP contribution >= 0.6 is 0 Å². The summed E-state index contributed by atoms with van der Waals surface area (Å²) in [5, 5.41) is 0. The molecule has 0 fully saturated rings. The van der Waals surface area contributed by atoms with Gasteiger partial charge in [-0.1, -0.05) is 0 Å². The number of allylic oxidation sites excluding steroid dienone is 8. The molecule has 0 aliphatic heterocycles. The summed E-state index contributed by atoms with van der Waals surface area (Å²) in [4.78, 5) is 0. The molecule has 0 saturated carbocycles. The standard InChI is InChI=1S/2C5H5.C3H7.CH3.Si.Zr/c2*1-2-4-5-3-1;1-3-2;;;/h2*1-3H,4H2;3H,1-2H3;1H3;;/q4*-1;;. The van der Waals surface area contributed by atoms with Crippen molar-refractivity contribution in [2.45, 2.75) is 26.7 Å². The van der Waals surface area contributed by atoms with Crippen LogP contribution in [0.3, 0.4) is 0 Å². The Morgan fingerprint density at radius 2 is 1.31 bits per heavy atom. The van der Waals surface area contributed by atoms with Crippen LogP contribution in [0.1, 0.15) is 26.7 Å². The quantitative estimate of drug-likeness (QED) is 0.470. The summed E-state index contributed by atoms with van der Waals surface area (Å²) in [7, 11) is 0. The first-order chi connectivity index (χ1) is 7.41. The molecule has 88 valence electrons. The molecule has 0 aromatic carbocycles. The van der Waals surface area contributed by atoms with Crippen molar-refractivity contribution in [3.63, 3.8) is 0 Å². The molecule has 2 radical (unpaired) electrons. The molecule has 16 heavy (non-hydrogen) atoms. The summed E-state index contributed by atoms with van der Waals surface area (Å²) < 4.78 is 0. The molecule has 0 nitrogen and oxygen atoms in total. The summed E-state index contributed by atoms with van der Waals surface area (Å²) in [6.07, 6.45) is 22.0. The third-order valence-corrected chi connectivity index (χ3v) is 1.17. The summed E-state index contributed by atoms with van der Waals surface area (Å²) in [6.45, 7) is 7.06. The normalized spacial score (nSPS) is 12.3. The maximum atomic E-state index is 3.06. The van der Waals surface area contributed by atoms with E-state index in [0.717, 1.165) is 12.8 Å². The van der Waals surface area contributed by atoms with E-state index in [1.807, 2.05) is 44.6 Å². The van der Waals surface area contributed by atoms with E-state index >= 15 is 0 Å². The van der Waals surface area contributed by atoms with Crippen LogP contribution in [0.15, 0.2) is 36.5 Å². The Balaban J connectivity index is -0.000000147. The van der Waals surface area contributed by atoms with Crippen LogP contribution in [0.4, 0.5) is 0 Å². The van der Waals surface area contributed by atoms with Crippen LogP contribution in [-0.2, 0) is 23.3 Å². The van der Waals surface area contributed by atoms with E-state index in [4.69, 9.17) is 0 Å². The van der Waals surface area contributed by atoms with Gasteiger partial charge in [0.15, 0.2) is 0 Å². The first kappa shape index (κ1) is 21.4. The molecule has 0 heterocycles. The third kappa shape index (κ3) is 23.7. The van der Waals surface area contributed by atoms with Gasteiger partial charge >= 0.3 is 30.2 Å². The maximum absolute atomic E-state index is 3.06. The average Bonchev–Trinajstić information content (AvgIpc) is 3.01. The second-order valence-corrected chi connectivity index (χ2v) is 2.58. The summed E-state index contributed by atoms with van der Waals surface area (Å²) in [5.74, 6) is 0. The van der Waals surface area contributed by atoms with Gasteiger partial charge in [0.2, 0.25) is 0 Å². The van der Waals surface area contributed by atoms with Gasteiger partial charge < -0.3 is 13.8 Å².